The van der Waals surface area contributed by atoms with Gasteiger partial charge in [-0.25, -0.2) is 9.97 Å². The number of rotatable bonds is 4. The van der Waals surface area contributed by atoms with Crippen molar-refractivity contribution in [3.8, 4) is 0 Å². The van der Waals surface area contributed by atoms with Crippen LogP contribution in [0.4, 0.5) is 0 Å². The van der Waals surface area contributed by atoms with E-state index in [1.54, 1.807) is 11.8 Å². The maximum Gasteiger partial charge on any atom is 0.138 e. The van der Waals surface area contributed by atoms with Crippen molar-refractivity contribution in [2.45, 2.75) is 29.9 Å². The summed E-state index contributed by atoms with van der Waals surface area (Å²) in [6, 6.07) is 7.87. The van der Waals surface area contributed by atoms with Crippen LogP contribution in [0, 0.1) is 5.92 Å². The summed E-state index contributed by atoms with van der Waals surface area (Å²) < 4.78 is 0. The third-order valence-electron chi connectivity index (χ3n) is 3.80. The molecule has 1 aliphatic carbocycles. The molecule has 2 N–H and O–H groups in total. The molecule has 1 atom stereocenters. The van der Waals surface area contributed by atoms with Crippen molar-refractivity contribution >= 4 is 23.4 Å². The molecule has 3 nitrogen and oxygen atoms in total. The van der Waals surface area contributed by atoms with Crippen molar-refractivity contribution in [3.05, 3.63) is 52.6 Å². The molecular weight excluding hydrogens is 302 g/mol. The highest BCUT2D eigenvalue weighted by Crippen LogP contribution is 2.26. The van der Waals surface area contributed by atoms with Crippen LogP contribution in [0.3, 0.4) is 0 Å². The fourth-order valence-electron chi connectivity index (χ4n) is 2.60. The average molecular weight is 320 g/mol. The van der Waals surface area contributed by atoms with E-state index < -0.39 is 0 Å². The van der Waals surface area contributed by atoms with Gasteiger partial charge in [0.2, 0.25) is 0 Å². The van der Waals surface area contributed by atoms with Gasteiger partial charge in [0.25, 0.3) is 0 Å². The first-order valence-electron chi connectivity index (χ1n) is 7.16. The Morgan fingerprint density at radius 3 is 3.10 bits per heavy atom. The minimum Gasteiger partial charge on any atom is -0.330 e. The molecule has 21 heavy (non-hydrogen) atoms. The molecule has 1 aromatic heterocycles. The first-order valence-corrected chi connectivity index (χ1v) is 8.53. The minimum absolute atomic E-state index is 0.591. The van der Waals surface area contributed by atoms with Gasteiger partial charge in [0.1, 0.15) is 5.82 Å². The molecule has 0 spiro atoms. The van der Waals surface area contributed by atoms with Gasteiger partial charge in [0.15, 0.2) is 0 Å². The second kappa shape index (κ2) is 6.77. The summed E-state index contributed by atoms with van der Waals surface area (Å²) >= 11 is 7.71. The van der Waals surface area contributed by atoms with E-state index in [0.29, 0.717) is 5.92 Å². The Morgan fingerprint density at radius 2 is 2.29 bits per heavy atom. The lowest BCUT2D eigenvalue weighted by Crippen LogP contribution is -2.23. The number of nitrogens with zero attached hydrogens (tertiary/aromatic N) is 2. The number of fused-ring (bicyclic) bond motifs is 1. The number of hydrogen-bond donors (Lipinski definition) is 1. The molecule has 110 valence electrons. The lowest BCUT2D eigenvalue weighted by atomic mass is 9.87. The van der Waals surface area contributed by atoms with E-state index in [2.05, 4.69) is 11.1 Å². The van der Waals surface area contributed by atoms with Gasteiger partial charge in [-0.05, 0) is 55.5 Å². The van der Waals surface area contributed by atoms with E-state index in [1.807, 2.05) is 24.4 Å². The lowest BCUT2D eigenvalue weighted by Gasteiger charge is -2.22. The molecule has 0 radical (unpaired) electrons. The van der Waals surface area contributed by atoms with Crippen LogP contribution >= 0.6 is 23.4 Å². The molecule has 0 bridgehead atoms. The smallest absolute Gasteiger partial charge is 0.138 e. The summed E-state index contributed by atoms with van der Waals surface area (Å²) in [6.45, 7) is 0.756. The molecular formula is C16H18ClN3S. The zero-order valence-electron chi connectivity index (χ0n) is 11.8. The number of nitrogens with two attached hydrogens (primary N) is 1. The van der Waals surface area contributed by atoms with Crippen molar-refractivity contribution in [1.29, 1.82) is 0 Å². The Bertz CT molecular complexity index is 633. The highest BCUT2D eigenvalue weighted by molar-refractivity contribution is 7.98. The predicted molar refractivity (Wildman–Crippen MR) is 87.6 cm³/mol. The molecule has 0 fully saturated rings. The molecule has 0 saturated carbocycles. The number of hydrogen-bond acceptors (Lipinski definition) is 4. The Morgan fingerprint density at radius 1 is 1.38 bits per heavy atom. The summed E-state index contributed by atoms with van der Waals surface area (Å²) in [5, 5.41) is 0.763. The molecule has 5 heteroatoms. The van der Waals surface area contributed by atoms with Crippen molar-refractivity contribution in [2.75, 3.05) is 6.54 Å². The van der Waals surface area contributed by atoms with Crippen LogP contribution in [0.1, 0.15) is 23.5 Å². The van der Waals surface area contributed by atoms with Gasteiger partial charge in [-0.3, -0.25) is 0 Å². The number of aryl methyl sites for hydroxylation is 1. The third-order valence-corrected chi connectivity index (χ3v) is 5.02. The first-order chi connectivity index (χ1) is 10.2. The standard InChI is InChI=1S/C16H18ClN3S/c17-13-2-1-3-14(7-13)21-10-16-19-9-12-6-11(8-18)4-5-15(12)20-16/h1-3,7,9,11H,4-6,8,10,18H2. The minimum atomic E-state index is 0.591. The molecule has 0 saturated heterocycles. The zero-order valence-corrected chi connectivity index (χ0v) is 13.3. The van der Waals surface area contributed by atoms with E-state index in [0.717, 1.165) is 47.3 Å². The van der Waals surface area contributed by atoms with Gasteiger partial charge >= 0.3 is 0 Å². The predicted octanol–water partition coefficient (Wildman–Crippen LogP) is 3.49. The summed E-state index contributed by atoms with van der Waals surface area (Å²) in [5.74, 6) is 2.26. The molecule has 1 aliphatic rings. The maximum absolute atomic E-state index is 5.99. The summed E-state index contributed by atoms with van der Waals surface area (Å²) in [5.41, 5.74) is 8.24. The maximum atomic E-state index is 5.99. The van der Waals surface area contributed by atoms with Crippen LogP contribution in [0.2, 0.25) is 5.02 Å². The normalized spacial score (nSPS) is 17.5. The van der Waals surface area contributed by atoms with Crippen LogP contribution in [-0.2, 0) is 18.6 Å². The Balaban J connectivity index is 1.67. The molecule has 1 heterocycles. The first kappa shape index (κ1) is 14.8. The molecule has 3 rings (SSSR count). The second-order valence-corrected chi connectivity index (χ2v) is 6.83. The summed E-state index contributed by atoms with van der Waals surface area (Å²) in [6.07, 6.45) is 5.17. The third kappa shape index (κ3) is 3.76. The van der Waals surface area contributed by atoms with E-state index >= 15 is 0 Å². The topological polar surface area (TPSA) is 51.8 Å². The van der Waals surface area contributed by atoms with Gasteiger partial charge in [-0.15, -0.1) is 11.8 Å². The highest BCUT2D eigenvalue weighted by Gasteiger charge is 2.19. The molecule has 2 aromatic rings. The second-order valence-electron chi connectivity index (χ2n) is 5.35. The number of thioether (sulfide) groups is 1. The number of benzene rings is 1. The fraction of sp³-hybridized carbons (Fsp3) is 0.375. The van der Waals surface area contributed by atoms with Gasteiger partial charge < -0.3 is 5.73 Å². The quantitative estimate of drug-likeness (QED) is 0.876. The van der Waals surface area contributed by atoms with Gasteiger partial charge in [-0.1, -0.05) is 17.7 Å². The molecule has 0 aliphatic heterocycles. The SMILES string of the molecule is NCC1CCc2nc(CSc3cccc(Cl)c3)ncc2C1. The zero-order chi connectivity index (χ0) is 14.7. The average Bonchev–Trinajstić information content (AvgIpc) is 2.52. The van der Waals surface area contributed by atoms with E-state index in [4.69, 9.17) is 22.3 Å². The Hall–Kier alpha value is -1.10. The van der Waals surface area contributed by atoms with Crippen molar-refractivity contribution < 1.29 is 0 Å². The lowest BCUT2D eigenvalue weighted by molar-refractivity contribution is 0.460. The molecule has 1 unspecified atom stereocenters. The van der Waals surface area contributed by atoms with E-state index in [1.165, 1.54) is 11.3 Å². The van der Waals surface area contributed by atoms with Crippen LogP contribution in [0.5, 0.6) is 0 Å². The number of aromatic nitrogens is 2. The summed E-state index contributed by atoms with van der Waals surface area (Å²) in [7, 11) is 0. The van der Waals surface area contributed by atoms with E-state index in [9.17, 15) is 0 Å². The van der Waals surface area contributed by atoms with Crippen molar-refractivity contribution in [3.63, 3.8) is 0 Å². The van der Waals surface area contributed by atoms with Crippen LogP contribution in [-0.4, -0.2) is 16.5 Å². The largest absolute Gasteiger partial charge is 0.330 e. The fourth-order valence-corrected chi connectivity index (χ4v) is 3.67. The van der Waals surface area contributed by atoms with Crippen LogP contribution in [0.15, 0.2) is 35.4 Å². The van der Waals surface area contributed by atoms with Gasteiger partial charge in [-0.2, -0.15) is 0 Å². The molecule has 0 amide bonds. The van der Waals surface area contributed by atoms with Crippen LogP contribution < -0.4 is 5.73 Å². The number of halogens is 1. The van der Waals surface area contributed by atoms with Crippen LogP contribution in [0.25, 0.3) is 0 Å². The van der Waals surface area contributed by atoms with Crippen molar-refractivity contribution in [1.82, 2.24) is 9.97 Å². The summed E-state index contributed by atoms with van der Waals surface area (Å²) in [4.78, 5) is 10.4. The van der Waals surface area contributed by atoms with E-state index in [-0.39, 0.29) is 0 Å². The Kier molecular flexibility index (Phi) is 4.78. The highest BCUT2D eigenvalue weighted by atomic mass is 35.5. The Labute approximate surface area is 134 Å². The van der Waals surface area contributed by atoms with Gasteiger partial charge in [0, 0.05) is 21.8 Å². The monoisotopic (exact) mass is 319 g/mol. The van der Waals surface area contributed by atoms with Gasteiger partial charge in [0.05, 0.1) is 5.75 Å². The molecule has 1 aromatic carbocycles. The van der Waals surface area contributed by atoms with Crippen molar-refractivity contribution in [2.24, 2.45) is 11.7 Å².